The predicted molar refractivity (Wildman–Crippen MR) is 123 cm³/mol. The molecule has 1 saturated heterocycles. The van der Waals surface area contributed by atoms with Gasteiger partial charge in [0.05, 0.1) is 23.4 Å². The van der Waals surface area contributed by atoms with E-state index in [2.05, 4.69) is 27.6 Å². The Morgan fingerprint density at radius 2 is 2.03 bits per heavy atom. The van der Waals surface area contributed by atoms with Gasteiger partial charge in [0, 0.05) is 13.1 Å². The molecule has 0 bridgehead atoms. The zero-order chi connectivity index (χ0) is 23.1. The minimum absolute atomic E-state index is 0.0414. The fourth-order valence-corrected chi connectivity index (χ4v) is 4.46. The molecule has 1 atom stereocenters. The van der Waals surface area contributed by atoms with Gasteiger partial charge in [-0.25, -0.2) is 4.39 Å². The Hall–Kier alpha value is -2.58. The van der Waals surface area contributed by atoms with Crippen molar-refractivity contribution in [2.75, 3.05) is 31.5 Å². The molecule has 1 amide bonds. The molecule has 1 aliphatic rings. The first-order valence-electron chi connectivity index (χ1n) is 11.5. The normalized spacial score (nSPS) is 16.8. The summed E-state index contributed by atoms with van der Waals surface area (Å²) in [4.78, 5) is 28.0. The maximum absolute atomic E-state index is 14.1. The number of aromatic nitrogens is 2. The van der Waals surface area contributed by atoms with Crippen LogP contribution in [0.15, 0.2) is 24.3 Å². The van der Waals surface area contributed by atoms with E-state index < -0.39 is 11.6 Å². The molecule has 0 spiro atoms. The zero-order valence-electron chi connectivity index (χ0n) is 19.3. The number of ketones is 1. The van der Waals surface area contributed by atoms with Crippen molar-refractivity contribution in [2.24, 2.45) is 7.05 Å². The first-order chi connectivity index (χ1) is 15.4. The zero-order valence-corrected chi connectivity index (χ0v) is 19.3. The Bertz CT molecular complexity index is 942. The number of anilines is 1. The highest BCUT2D eigenvalue weighted by molar-refractivity contribution is 6.14. The molecular weight excluding hydrogens is 409 g/mol. The van der Waals surface area contributed by atoms with Crippen LogP contribution in [-0.2, 0) is 11.8 Å². The van der Waals surface area contributed by atoms with Crippen LogP contribution in [0.2, 0.25) is 0 Å². The first-order valence-corrected chi connectivity index (χ1v) is 11.5. The van der Waals surface area contributed by atoms with Crippen LogP contribution in [-0.4, -0.2) is 58.6 Å². The molecule has 8 heteroatoms. The van der Waals surface area contributed by atoms with Crippen molar-refractivity contribution in [1.29, 1.82) is 0 Å². The summed E-state index contributed by atoms with van der Waals surface area (Å²) in [6.07, 6.45) is 6.04. The van der Waals surface area contributed by atoms with Crippen molar-refractivity contribution in [3.8, 4) is 0 Å². The van der Waals surface area contributed by atoms with Gasteiger partial charge in [-0.3, -0.25) is 14.3 Å². The second kappa shape index (κ2) is 11.3. The van der Waals surface area contributed by atoms with Crippen LogP contribution in [0, 0.1) is 12.7 Å². The Balaban J connectivity index is 1.53. The third-order valence-corrected chi connectivity index (χ3v) is 6.13. The van der Waals surface area contributed by atoms with E-state index in [1.54, 1.807) is 20.0 Å². The number of halogens is 1. The minimum atomic E-state index is -0.598. The molecule has 0 saturated carbocycles. The monoisotopic (exact) mass is 443 g/mol. The van der Waals surface area contributed by atoms with Gasteiger partial charge in [-0.15, -0.1) is 0 Å². The molecule has 1 fully saturated rings. The molecule has 1 aromatic heterocycles. The van der Waals surface area contributed by atoms with Crippen LogP contribution < -0.4 is 10.6 Å². The fourth-order valence-electron chi connectivity index (χ4n) is 4.46. The molecule has 174 valence electrons. The highest BCUT2D eigenvalue weighted by atomic mass is 19.1. The summed E-state index contributed by atoms with van der Waals surface area (Å²) >= 11 is 0. The van der Waals surface area contributed by atoms with Crippen molar-refractivity contribution >= 4 is 17.5 Å². The van der Waals surface area contributed by atoms with Gasteiger partial charge in [-0.05, 0) is 64.4 Å². The van der Waals surface area contributed by atoms with Crippen molar-refractivity contribution < 1.29 is 14.0 Å². The second-order valence-electron chi connectivity index (χ2n) is 8.41. The Kier molecular flexibility index (Phi) is 8.53. The van der Waals surface area contributed by atoms with Crippen LogP contribution in [0.5, 0.6) is 0 Å². The number of hydrogen-bond donors (Lipinski definition) is 2. The van der Waals surface area contributed by atoms with E-state index in [1.165, 1.54) is 48.6 Å². The van der Waals surface area contributed by atoms with Gasteiger partial charge in [0.1, 0.15) is 11.6 Å². The lowest BCUT2D eigenvalue weighted by atomic mass is 10.00. The number of amides is 1. The molecular formula is C24H34FN5O2. The topological polar surface area (TPSA) is 79.3 Å². The van der Waals surface area contributed by atoms with Crippen molar-refractivity contribution in [1.82, 2.24) is 20.0 Å². The largest absolute Gasteiger partial charge is 0.309 e. The summed E-state index contributed by atoms with van der Waals surface area (Å²) in [6.45, 7) is 7.00. The van der Waals surface area contributed by atoms with Gasteiger partial charge >= 0.3 is 0 Å². The van der Waals surface area contributed by atoms with Crippen LogP contribution in [0.3, 0.4) is 0 Å². The van der Waals surface area contributed by atoms with Gasteiger partial charge in [-0.1, -0.05) is 25.5 Å². The van der Waals surface area contributed by atoms with Crippen LogP contribution in [0.25, 0.3) is 0 Å². The van der Waals surface area contributed by atoms with Gasteiger partial charge < -0.3 is 15.5 Å². The quantitative estimate of drug-likeness (QED) is 0.435. The third kappa shape index (κ3) is 5.81. The van der Waals surface area contributed by atoms with Crippen molar-refractivity contribution in [3.05, 3.63) is 46.9 Å². The summed E-state index contributed by atoms with van der Waals surface area (Å²) < 4.78 is 15.6. The molecule has 2 N–H and O–H groups in total. The lowest BCUT2D eigenvalue weighted by molar-refractivity contribution is -0.115. The number of likely N-dealkylation sites (tertiary alicyclic amines) is 1. The lowest BCUT2D eigenvalue weighted by Crippen LogP contribution is -2.40. The van der Waals surface area contributed by atoms with Crippen molar-refractivity contribution in [2.45, 2.75) is 52.0 Å². The highest BCUT2D eigenvalue weighted by Crippen LogP contribution is 2.24. The first kappa shape index (κ1) is 24.1. The SMILES string of the molecule is CCC1CCCCN1CCCNCC(=O)Nc1c(C(=O)c2ccccc2F)c(C)nn1C. The smallest absolute Gasteiger partial charge is 0.239 e. The van der Waals surface area contributed by atoms with E-state index in [-0.39, 0.29) is 29.4 Å². The van der Waals surface area contributed by atoms with Gasteiger partial charge in [0.25, 0.3) is 0 Å². The number of hydrogen-bond acceptors (Lipinski definition) is 5. The molecule has 2 heterocycles. The number of nitrogens with one attached hydrogen (secondary N) is 2. The predicted octanol–water partition coefficient (Wildman–Crippen LogP) is 3.28. The second-order valence-corrected chi connectivity index (χ2v) is 8.41. The summed E-state index contributed by atoms with van der Waals surface area (Å²) in [7, 11) is 1.65. The molecule has 0 radical (unpaired) electrons. The number of benzene rings is 1. The number of carbonyl (C=O) groups excluding carboxylic acids is 2. The highest BCUT2D eigenvalue weighted by Gasteiger charge is 2.25. The number of nitrogens with zero attached hydrogens (tertiary/aromatic N) is 3. The maximum atomic E-state index is 14.1. The van der Waals surface area contributed by atoms with E-state index in [0.717, 1.165) is 26.1 Å². The van der Waals surface area contributed by atoms with E-state index in [4.69, 9.17) is 0 Å². The minimum Gasteiger partial charge on any atom is -0.309 e. The molecule has 0 aliphatic carbocycles. The molecule has 3 rings (SSSR count). The number of piperidine rings is 1. The Morgan fingerprint density at radius 1 is 1.25 bits per heavy atom. The summed E-state index contributed by atoms with van der Waals surface area (Å²) in [6, 6.07) is 6.50. The molecule has 7 nitrogen and oxygen atoms in total. The van der Waals surface area contributed by atoms with E-state index in [0.29, 0.717) is 11.7 Å². The molecule has 2 aromatic rings. The molecule has 32 heavy (non-hydrogen) atoms. The number of carbonyl (C=O) groups is 2. The summed E-state index contributed by atoms with van der Waals surface area (Å²) in [5, 5.41) is 10.2. The van der Waals surface area contributed by atoms with Crippen LogP contribution in [0.4, 0.5) is 10.2 Å². The van der Waals surface area contributed by atoms with Crippen molar-refractivity contribution in [3.63, 3.8) is 0 Å². The summed E-state index contributed by atoms with van der Waals surface area (Å²) in [5.74, 6) is -1.08. The third-order valence-electron chi connectivity index (χ3n) is 6.13. The summed E-state index contributed by atoms with van der Waals surface area (Å²) in [5.41, 5.74) is 0.609. The number of aryl methyl sites for hydroxylation is 2. The van der Waals surface area contributed by atoms with Crippen LogP contribution in [0.1, 0.15) is 60.6 Å². The van der Waals surface area contributed by atoms with E-state index >= 15 is 0 Å². The fraction of sp³-hybridized carbons (Fsp3) is 0.542. The average Bonchev–Trinajstić information content (AvgIpc) is 3.06. The number of rotatable bonds is 10. The average molecular weight is 444 g/mol. The van der Waals surface area contributed by atoms with Gasteiger partial charge in [0.15, 0.2) is 0 Å². The maximum Gasteiger partial charge on any atom is 0.239 e. The Labute approximate surface area is 189 Å². The van der Waals surface area contributed by atoms with Gasteiger partial charge in [0.2, 0.25) is 11.7 Å². The standard InChI is InChI=1S/C24H34FN5O2/c1-4-18-10-7-8-14-30(18)15-9-13-26-16-21(31)27-24-22(17(2)28-29(24)3)23(32)19-11-5-6-12-20(19)25/h5-6,11-12,18,26H,4,7-10,13-16H2,1-3H3,(H,27,31). The van der Waals surface area contributed by atoms with E-state index in [9.17, 15) is 14.0 Å². The van der Waals surface area contributed by atoms with Crippen LogP contribution >= 0.6 is 0 Å². The van der Waals surface area contributed by atoms with Gasteiger partial charge in [-0.2, -0.15) is 5.10 Å². The lowest BCUT2D eigenvalue weighted by Gasteiger charge is -2.35. The molecule has 1 aliphatic heterocycles. The molecule has 1 aromatic carbocycles. The van der Waals surface area contributed by atoms with E-state index in [1.807, 2.05) is 0 Å². The Morgan fingerprint density at radius 3 is 2.78 bits per heavy atom. The molecule has 1 unspecified atom stereocenters.